The van der Waals surface area contributed by atoms with E-state index in [1.165, 1.54) is 6.07 Å². The lowest BCUT2D eigenvalue weighted by atomic mass is 9.94. The third kappa shape index (κ3) is 5.92. The van der Waals surface area contributed by atoms with Crippen molar-refractivity contribution in [3.05, 3.63) is 87.7 Å². The minimum atomic E-state index is -1.03. The quantitative estimate of drug-likeness (QED) is 0.438. The Morgan fingerprint density at radius 3 is 2.44 bits per heavy atom. The van der Waals surface area contributed by atoms with Crippen molar-refractivity contribution >= 4 is 11.9 Å². The van der Waals surface area contributed by atoms with Crippen LogP contribution in [0, 0.1) is 20.8 Å². The summed E-state index contributed by atoms with van der Waals surface area (Å²) < 4.78 is 5.41. The monoisotopic (exact) mass is 462 g/mol. The summed E-state index contributed by atoms with van der Waals surface area (Å²) in [6.07, 6.45) is 0.457. The van der Waals surface area contributed by atoms with Crippen molar-refractivity contribution < 1.29 is 24.5 Å². The molecule has 0 aliphatic heterocycles. The highest BCUT2D eigenvalue weighted by Crippen LogP contribution is 2.29. The number of carbonyl (C=O) groups excluding carboxylic acids is 1. The highest BCUT2D eigenvalue weighted by Gasteiger charge is 2.18. The summed E-state index contributed by atoms with van der Waals surface area (Å²) in [5.41, 5.74) is 5.52. The molecule has 34 heavy (non-hydrogen) atoms. The average molecular weight is 463 g/mol. The fourth-order valence-corrected chi connectivity index (χ4v) is 3.83. The molecule has 2 aromatic carbocycles. The van der Waals surface area contributed by atoms with E-state index in [0.29, 0.717) is 24.4 Å². The van der Waals surface area contributed by atoms with Gasteiger partial charge in [-0.05, 0) is 72.7 Å². The number of carboxylic acids is 1. The van der Waals surface area contributed by atoms with Gasteiger partial charge in [0.05, 0.1) is 0 Å². The van der Waals surface area contributed by atoms with Gasteiger partial charge in [0.1, 0.15) is 11.5 Å². The lowest BCUT2D eigenvalue weighted by Crippen LogP contribution is -2.28. The highest BCUT2D eigenvalue weighted by atomic mass is 16.5. The number of carbonyl (C=O) groups is 2. The Hall–Kier alpha value is -3.87. The van der Waals surface area contributed by atoms with E-state index in [1.807, 2.05) is 64.1 Å². The summed E-state index contributed by atoms with van der Waals surface area (Å²) in [5, 5.41) is 22.0. The molecule has 0 saturated heterocycles. The molecule has 1 amide bonds. The third-order valence-corrected chi connectivity index (χ3v) is 6.00. The molecule has 0 spiro atoms. The molecule has 7 heteroatoms. The third-order valence-electron chi connectivity index (χ3n) is 6.00. The zero-order valence-corrected chi connectivity index (χ0v) is 19.9. The number of nitrogens with one attached hydrogen (secondary N) is 1. The molecule has 0 aliphatic rings. The largest absolute Gasteiger partial charge is 0.505 e. The van der Waals surface area contributed by atoms with Gasteiger partial charge in [0, 0.05) is 18.7 Å². The first-order chi connectivity index (χ1) is 16.2. The number of carboxylic acid groups (broad SMARTS) is 1. The van der Waals surface area contributed by atoms with Crippen LogP contribution in [0.2, 0.25) is 0 Å². The number of amides is 1. The van der Waals surface area contributed by atoms with Crippen molar-refractivity contribution in [3.8, 4) is 11.5 Å². The first-order valence-corrected chi connectivity index (χ1v) is 11.1. The standard InChI is InChI=1S/C27H30N2O5/c1-16-12-24(34-15-25(31)32)19(4)18(3)22(16)13-21-10-11-23(30)26(29-21)27(33)28-14-17(2)20-8-6-5-7-9-20/h5-12,17,30H,13-15H2,1-4H3,(H,28,33)(H,31,32)/t17-/m0/s1. The summed E-state index contributed by atoms with van der Waals surface area (Å²) >= 11 is 0. The van der Waals surface area contributed by atoms with Crippen molar-refractivity contribution in [2.24, 2.45) is 0 Å². The number of pyridine rings is 1. The zero-order valence-electron chi connectivity index (χ0n) is 19.9. The summed E-state index contributed by atoms with van der Waals surface area (Å²) in [7, 11) is 0. The Morgan fingerprint density at radius 2 is 1.76 bits per heavy atom. The second kappa shape index (κ2) is 10.8. The van der Waals surface area contributed by atoms with Crippen LogP contribution in [0.15, 0.2) is 48.5 Å². The molecular weight excluding hydrogens is 432 g/mol. The molecular formula is C27H30N2O5. The Bertz CT molecular complexity index is 1190. The average Bonchev–Trinajstić information content (AvgIpc) is 2.82. The van der Waals surface area contributed by atoms with Gasteiger partial charge < -0.3 is 20.3 Å². The SMILES string of the molecule is Cc1cc(OCC(=O)O)c(C)c(C)c1Cc1ccc(O)c(C(=O)NC[C@H](C)c2ccccc2)n1. The maximum atomic E-state index is 12.8. The number of aliphatic carboxylic acids is 1. The van der Waals surface area contributed by atoms with Gasteiger partial charge in [0.25, 0.3) is 5.91 Å². The first-order valence-electron chi connectivity index (χ1n) is 11.1. The first kappa shape index (κ1) is 24.8. The normalized spacial score (nSPS) is 11.6. The van der Waals surface area contributed by atoms with Crippen LogP contribution in [0.3, 0.4) is 0 Å². The van der Waals surface area contributed by atoms with Gasteiger partial charge in [-0.2, -0.15) is 0 Å². The van der Waals surface area contributed by atoms with Crippen LogP contribution in [0.5, 0.6) is 11.5 Å². The van der Waals surface area contributed by atoms with Crippen LogP contribution in [0.25, 0.3) is 0 Å². The molecule has 1 heterocycles. The van der Waals surface area contributed by atoms with E-state index < -0.39 is 18.5 Å². The summed E-state index contributed by atoms with van der Waals surface area (Å²) in [4.78, 5) is 28.1. The molecule has 1 aromatic heterocycles. The summed E-state index contributed by atoms with van der Waals surface area (Å²) in [6.45, 7) is 7.80. The Kier molecular flexibility index (Phi) is 7.89. The number of rotatable bonds is 9. The van der Waals surface area contributed by atoms with Crippen LogP contribution in [0.4, 0.5) is 0 Å². The molecule has 7 nitrogen and oxygen atoms in total. The summed E-state index contributed by atoms with van der Waals surface area (Å²) in [6, 6.07) is 14.9. The smallest absolute Gasteiger partial charge is 0.341 e. The number of aryl methyl sites for hydroxylation is 1. The number of aromatic nitrogens is 1. The topological polar surface area (TPSA) is 109 Å². The number of aromatic hydroxyl groups is 1. The summed E-state index contributed by atoms with van der Waals surface area (Å²) in [5.74, 6) is -0.978. The molecule has 0 saturated carbocycles. The fraction of sp³-hybridized carbons (Fsp3) is 0.296. The van der Waals surface area contributed by atoms with Gasteiger partial charge in [0.15, 0.2) is 12.3 Å². The molecule has 1 atom stereocenters. The lowest BCUT2D eigenvalue weighted by molar-refractivity contribution is -0.139. The van der Waals surface area contributed by atoms with Gasteiger partial charge >= 0.3 is 5.97 Å². The fourth-order valence-electron chi connectivity index (χ4n) is 3.83. The minimum absolute atomic E-state index is 0.00815. The van der Waals surface area contributed by atoms with Gasteiger partial charge in [-0.1, -0.05) is 37.3 Å². The second-order valence-electron chi connectivity index (χ2n) is 8.47. The minimum Gasteiger partial charge on any atom is -0.505 e. The van der Waals surface area contributed by atoms with E-state index in [9.17, 15) is 14.7 Å². The second-order valence-corrected chi connectivity index (χ2v) is 8.47. The Labute approximate surface area is 199 Å². The van der Waals surface area contributed by atoms with Crippen LogP contribution < -0.4 is 10.1 Å². The number of hydrogen-bond acceptors (Lipinski definition) is 5. The molecule has 3 N–H and O–H groups in total. The van der Waals surface area contributed by atoms with E-state index in [1.54, 1.807) is 6.07 Å². The molecule has 3 rings (SSSR count). The number of hydrogen-bond donors (Lipinski definition) is 3. The lowest BCUT2D eigenvalue weighted by Gasteiger charge is -2.17. The molecule has 0 radical (unpaired) electrons. The maximum Gasteiger partial charge on any atom is 0.341 e. The Morgan fingerprint density at radius 1 is 1.06 bits per heavy atom. The number of nitrogens with zero attached hydrogens (tertiary/aromatic N) is 1. The van der Waals surface area contributed by atoms with Crippen LogP contribution in [-0.2, 0) is 11.2 Å². The van der Waals surface area contributed by atoms with Gasteiger partial charge in [-0.15, -0.1) is 0 Å². The molecule has 178 valence electrons. The predicted molar refractivity (Wildman–Crippen MR) is 130 cm³/mol. The van der Waals surface area contributed by atoms with Gasteiger partial charge in [-0.3, -0.25) is 4.79 Å². The van der Waals surface area contributed by atoms with Gasteiger partial charge in [0.2, 0.25) is 0 Å². The Balaban J connectivity index is 1.76. The highest BCUT2D eigenvalue weighted by molar-refractivity contribution is 5.94. The van der Waals surface area contributed by atoms with Crippen molar-refractivity contribution in [1.29, 1.82) is 0 Å². The van der Waals surface area contributed by atoms with E-state index >= 15 is 0 Å². The molecule has 3 aromatic rings. The number of benzene rings is 2. The molecule has 0 unspecified atom stereocenters. The van der Waals surface area contributed by atoms with E-state index in [0.717, 1.165) is 27.8 Å². The van der Waals surface area contributed by atoms with Crippen LogP contribution >= 0.6 is 0 Å². The molecule has 0 aliphatic carbocycles. The van der Waals surface area contributed by atoms with Crippen molar-refractivity contribution in [2.75, 3.05) is 13.2 Å². The zero-order chi connectivity index (χ0) is 24.8. The predicted octanol–water partition coefficient (Wildman–Crippen LogP) is 4.30. The van der Waals surface area contributed by atoms with Crippen molar-refractivity contribution in [3.63, 3.8) is 0 Å². The molecule has 0 bridgehead atoms. The maximum absolute atomic E-state index is 12.8. The van der Waals surface area contributed by atoms with Crippen molar-refractivity contribution in [2.45, 2.75) is 40.0 Å². The van der Waals surface area contributed by atoms with Crippen LogP contribution in [0.1, 0.15) is 56.8 Å². The van der Waals surface area contributed by atoms with Gasteiger partial charge in [-0.25, -0.2) is 9.78 Å². The van der Waals surface area contributed by atoms with E-state index in [4.69, 9.17) is 9.84 Å². The van der Waals surface area contributed by atoms with E-state index in [-0.39, 0.29) is 17.4 Å². The number of ether oxygens (including phenoxy) is 1. The van der Waals surface area contributed by atoms with Crippen molar-refractivity contribution in [1.82, 2.24) is 10.3 Å². The van der Waals surface area contributed by atoms with Crippen LogP contribution in [-0.4, -0.2) is 40.2 Å². The molecule has 0 fully saturated rings. The van der Waals surface area contributed by atoms with E-state index in [2.05, 4.69) is 10.3 Å².